The Balaban J connectivity index is 2.09. The summed E-state index contributed by atoms with van der Waals surface area (Å²) >= 11 is 5.35. The lowest BCUT2D eigenvalue weighted by Gasteiger charge is -2.28. The number of nitro groups is 2. The predicted octanol–water partition coefficient (Wildman–Crippen LogP) is 3.89. The van der Waals surface area contributed by atoms with Gasteiger partial charge in [-0.05, 0) is 36.8 Å². The average molecular weight is 360 g/mol. The Kier molecular flexibility index (Phi) is 5.60. The molecule has 25 heavy (non-hydrogen) atoms. The fourth-order valence-corrected chi connectivity index (χ4v) is 2.45. The van der Waals surface area contributed by atoms with Gasteiger partial charge in [0.1, 0.15) is 0 Å². The molecule has 0 aliphatic carbocycles. The number of benzene rings is 2. The smallest absolute Gasteiger partial charge is 0.269 e. The Morgan fingerprint density at radius 1 is 1.08 bits per heavy atom. The number of rotatable bonds is 5. The van der Waals surface area contributed by atoms with Crippen molar-refractivity contribution in [2.75, 3.05) is 12.4 Å². The molecule has 9 heteroatoms. The van der Waals surface area contributed by atoms with E-state index in [1.807, 2.05) is 6.92 Å². The van der Waals surface area contributed by atoms with E-state index in [2.05, 4.69) is 5.32 Å². The fraction of sp³-hybridized carbons (Fsp3) is 0.188. The summed E-state index contributed by atoms with van der Waals surface area (Å²) in [5.74, 6) is 0. The van der Waals surface area contributed by atoms with Crippen LogP contribution in [0.25, 0.3) is 0 Å². The molecule has 1 atom stereocenters. The molecule has 1 N–H and O–H groups in total. The maximum Gasteiger partial charge on any atom is 0.269 e. The summed E-state index contributed by atoms with van der Waals surface area (Å²) < 4.78 is 0. The zero-order chi connectivity index (χ0) is 18.6. The molecule has 130 valence electrons. The molecule has 0 radical (unpaired) electrons. The first-order chi connectivity index (χ1) is 11.8. The number of hydrogen-bond donors (Lipinski definition) is 1. The highest BCUT2D eigenvalue weighted by molar-refractivity contribution is 7.80. The highest BCUT2D eigenvalue weighted by Crippen LogP contribution is 2.24. The molecular weight excluding hydrogens is 344 g/mol. The molecule has 2 aromatic rings. The van der Waals surface area contributed by atoms with Gasteiger partial charge in [-0.15, -0.1) is 0 Å². The van der Waals surface area contributed by atoms with Gasteiger partial charge >= 0.3 is 0 Å². The van der Waals surface area contributed by atoms with E-state index in [4.69, 9.17) is 12.2 Å². The minimum atomic E-state index is -0.474. The SMILES string of the molecule is C[C@H](c1cccc([N+](=O)[O-])c1)N(C)C(=S)Nc1ccc([N+](=O)[O-])cc1. The fourth-order valence-electron chi connectivity index (χ4n) is 2.18. The molecule has 0 aliphatic heterocycles. The normalized spacial score (nSPS) is 11.4. The zero-order valence-electron chi connectivity index (χ0n) is 13.6. The number of anilines is 1. The second-order valence-corrected chi connectivity index (χ2v) is 5.76. The summed E-state index contributed by atoms with van der Waals surface area (Å²) in [7, 11) is 1.77. The maximum absolute atomic E-state index is 10.9. The summed E-state index contributed by atoms with van der Waals surface area (Å²) in [4.78, 5) is 22.4. The molecule has 0 spiro atoms. The molecule has 8 nitrogen and oxygen atoms in total. The topological polar surface area (TPSA) is 102 Å². The van der Waals surface area contributed by atoms with Gasteiger partial charge in [-0.25, -0.2) is 0 Å². The van der Waals surface area contributed by atoms with Crippen LogP contribution < -0.4 is 5.32 Å². The van der Waals surface area contributed by atoms with Crippen molar-refractivity contribution in [3.8, 4) is 0 Å². The molecule has 0 aliphatic rings. The largest absolute Gasteiger partial charge is 0.345 e. The van der Waals surface area contributed by atoms with Crippen LogP contribution in [0.4, 0.5) is 17.1 Å². The lowest BCUT2D eigenvalue weighted by molar-refractivity contribution is -0.385. The van der Waals surface area contributed by atoms with E-state index in [1.54, 1.807) is 36.2 Å². The highest BCUT2D eigenvalue weighted by atomic mass is 32.1. The molecule has 0 saturated carbocycles. The van der Waals surface area contributed by atoms with Crippen LogP contribution in [0.15, 0.2) is 48.5 Å². The van der Waals surface area contributed by atoms with Crippen LogP contribution >= 0.6 is 12.2 Å². The van der Waals surface area contributed by atoms with Gasteiger partial charge < -0.3 is 10.2 Å². The number of nitro benzene ring substituents is 2. The zero-order valence-corrected chi connectivity index (χ0v) is 14.4. The Bertz CT molecular complexity index is 810. The molecule has 0 fully saturated rings. The van der Waals surface area contributed by atoms with Crippen LogP contribution in [0, 0.1) is 20.2 Å². The van der Waals surface area contributed by atoms with Gasteiger partial charge in [0.15, 0.2) is 5.11 Å². The average Bonchev–Trinajstić information content (AvgIpc) is 2.60. The Hall–Kier alpha value is -3.07. The third-order valence-corrected chi connectivity index (χ3v) is 4.18. The van der Waals surface area contributed by atoms with Gasteiger partial charge in [0.2, 0.25) is 0 Å². The van der Waals surface area contributed by atoms with E-state index in [1.165, 1.54) is 24.3 Å². The third kappa shape index (κ3) is 4.48. The maximum atomic E-state index is 10.9. The van der Waals surface area contributed by atoms with E-state index < -0.39 is 9.85 Å². The number of non-ortho nitro benzene ring substituents is 2. The first-order valence-electron chi connectivity index (χ1n) is 7.32. The lowest BCUT2D eigenvalue weighted by Crippen LogP contribution is -2.33. The molecule has 2 rings (SSSR count). The number of hydrogen-bond acceptors (Lipinski definition) is 5. The number of nitrogens with zero attached hydrogens (tertiary/aromatic N) is 3. The number of thiocarbonyl (C=S) groups is 1. The standard InChI is InChI=1S/C16H16N4O4S/c1-11(12-4-3-5-15(10-12)20(23)24)18(2)16(25)17-13-6-8-14(9-7-13)19(21)22/h3-11H,1-2H3,(H,17,25)/t11-/m1/s1. The van der Waals surface area contributed by atoms with E-state index in [9.17, 15) is 20.2 Å². The first kappa shape index (κ1) is 18.3. The van der Waals surface area contributed by atoms with Crippen molar-refractivity contribution in [3.05, 3.63) is 74.3 Å². The molecule has 0 bridgehead atoms. The van der Waals surface area contributed by atoms with Gasteiger partial charge in [0.25, 0.3) is 11.4 Å². The molecule has 0 heterocycles. The summed E-state index contributed by atoms with van der Waals surface area (Å²) in [6.45, 7) is 1.88. The van der Waals surface area contributed by atoms with Gasteiger partial charge in [-0.1, -0.05) is 12.1 Å². The van der Waals surface area contributed by atoms with Crippen molar-refractivity contribution < 1.29 is 9.85 Å². The van der Waals surface area contributed by atoms with Crippen molar-refractivity contribution in [1.82, 2.24) is 4.90 Å². The van der Waals surface area contributed by atoms with Crippen LogP contribution in [0.2, 0.25) is 0 Å². The lowest BCUT2D eigenvalue weighted by atomic mass is 10.1. The summed E-state index contributed by atoms with van der Waals surface area (Å²) in [5, 5.41) is 25.0. The minimum Gasteiger partial charge on any atom is -0.345 e. The van der Waals surface area contributed by atoms with E-state index in [0.717, 1.165) is 5.56 Å². The Labute approximate surface area is 149 Å². The van der Waals surface area contributed by atoms with Crippen LogP contribution in [0.5, 0.6) is 0 Å². The van der Waals surface area contributed by atoms with Crippen LogP contribution in [0.3, 0.4) is 0 Å². The van der Waals surface area contributed by atoms with Crippen molar-refractivity contribution in [2.45, 2.75) is 13.0 Å². The predicted molar refractivity (Wildman–Crippen MR) is 98.6 cm³/mol. The minimum absolute atomic E-state index is 0.00483. The van der Waals surface area contributed by atoms with Crippen LogP contribution in [-0.2, 0) is 0 Å². The second-order valence-electron chi connectivity index (χ2n) is 5.37. The summed E-state index contributed by atoms with van der Waals surface area (Å²) in [5.41, 5.74) is 1.39. The summed E-state index contributed by atoms with van der Waals surface area (Å²) in [6, 6.07) is 12.1. The Morgan fingerprint density at radius 2 is 1.68 bits per heavy atom. The van der Waals surface area contributed by atoms with E-state index >= 15 is 0 Å². The van der Waals surface area contributed by atoms with Gasteiger partial charge in [0.05, 0.1) is 15.9 Å². The van der Waals surface area contributed by atoms with Crippen molar-refractivity contribution >= 4 is 34.4 Å². The highest BCUT2D eigenvalue weighted by Gasteiger charge is 2.17. The van der Waals surface area contributed by atoms with E-state index in [-0.39, 0.29) is 17.4 Å². The van der Waals surface area contributed by atoms with Crippen LogP contribution in [0.1, 0.15) is 18.5 Å². The molecule has 0 amide bonds. The van der Waals surface area contributed by atoms with Gasteiger partial charge in [-0.2, -0.15) is 0 Å². The van der Waals surface area contributed by atoms with E-state index in [0.29, 0.717) is 10.8 Å². The molecule has 0 aromatic heterocycles. The molecule has 0 unspecified atom stereocenters. The first-order valence-corrected chi connectivity index (χ1v) is 7.73. The third-order valence-electron chi connectivity index (χ3n) is 3.79. The van der Waals surface area contributed by atoms with Gasteiger partial charge in [0, 0.05) is 37.0 Å². The molecule has 0 saturated heterocycles. The quantitative estimate of drug-likeness (QED) is 0.490. The second kappa shape index (κ2) is 7.67. The van der Waals surface area contributed by atoms with Crippen molar-refractivity contribution in [1.29, 1.82) is 0 Å². The molecule has 2 aromatic carbocycles. The van der Waals surface area contributed by atoms with Gasteiger partial charge in [-0.3, -0.25) is 20.2 Å². The summed E-state index contributed by atoms with van der Waals surface area (Å²) in [6.07, 6.45) is 0. The Morgan fingerprint density at radius 3 is 2.24 bits per heavy atom. The van der Waals surface area contributed by atoms with Crippen molar-refractivity contribution in [2.24, 2.45) is 0 Å². The van der Waals surface area contributed by atoms with Crippen molar-refractivity contribution in [3.63, 3.8) is 0 Å². The monoisotopic (exact) mass is 360 g/mol. The number of nitrogens with one attached hydrogen (secondary N) is 1. The van der Waals surface area contributed by atoms with Crippen LogP contribution in [-0.4, -0.2) is 26.9 Å². The molecular formula is C16H16N4O4S.